The second-order valence-electron chi connectivity index (χ2n) is 8.31. The van der Waals surface area contributed by atoms with Crippen LogP contribution in [-0.4, -0.2) is 95.9 Å². The summed E-state index contributed by atoms with van der Waals surface area (Å²) in [7, 11) is 1.98. The van der Waals surface area contributed by atoms with Gasteiger partial charge in [0.2, 0.25) is 5.91 Å². The zero-order valence-corrected chi connectivity index (χ0v) is 20.7. The van der Waals surface area contributed by atoms with Gasteiger partial charge in [-0.1, -0.05) is 12.8 Å². The van der Waals surface area contributed by atoms with Crippen LogP contribution in [0.1, 0.15) is 45.4 Å². The van der Waals surface area contributed by atoms with Crippen molar-refractivity contribution < 1.29 is 33.3 Å². The van der Waals surface area contributed by atoms with Gasteiger partial charge in [-0.25, -0.2) is 0 Å². The van der Waals surface area contributed by atoms with Gasteiger partial charge in [0.15, 0.2) is 0 Å². The maximum atomic E-state index is 12.1. The van der Waals surface area contributed by atoms with Gasteiger partial charge in [-0.3, -0.25) is 14.6 Å². The fourth-order valence-electron chi connectivity index (χ4n) is 3.61. The van der Waals surface area contributed by atoms with Gasteiger partial charge in [-0.2, -0.15) is 0 Å². The third kappa shape index (κ3) is 12.1. The average Bonchev–Trinajstić information content (AvgIpc) is 3.15. The molecule has 1 atom stereocenters. The van der Waals surface area contributed by atoms with Crippen molar-refractivity contribution >= 4 is 11.7 Å². The topological polar surface area (TPSA) is 120 Å². The van der Waals surface area contributed by atoms with Crippen molar-refractivity contribution in [3.8, 4) is 0 Å². The molecule has 11 heteroatoms. The lowest BCUT2D eigenvalue weighted by Crippen LogP contribution is -2.37. The molecule has 196 valence electrons. The molecule has 0 aromatic rings. The molecule has 0 aromatic carbocycles. The minimum atomic E-state index is -0.147. The van der Waals surface area contributed by atoms with E-state index >= 15 is 0 Å². The summed E-state index contributed by atoms with van der Waals surface area (Å²) in [5.41, 5.74) is 8.55. The number of allylic oxidation sites excluding steroid dienone is 1. The summed E-state index contributed by atoms with van der Waals surface area (Å²) in [5.74, 6) is -0.0246. The maximum absolute atomic E-state index is 12.1. The fraction of sp³-hybridized carbons (Fsp3) is 0.826. The summed E-state index contributed by atoms with van der Waals surface area (Å²) in [6, 6.07) is 0. The van der Waals surface area contributed by atoms with Crippen molar-refractivity contribution in [2.45, 2.75) is 51.6 Å². The predicted molar refractivity (Wildman–Crippen MR) is 125 cm³/mol. The standard InChI is InChI=1S/C23H42N4O7/c1-19(28)8-10-30-12-14-32-16-17-33-15-13-31-11-9-24-22(29)18-34-21-7-5-3-4-6-20-23(21)25-26-27(20)2/h21,25-26H,3-18H2,1-2H3,(H,24,29). The van der Waals surface area contributed by atoms with Crippen LogP contribution in [0.5, 0.6) is 0 Å². The fourth-order valence-corrected chi connectivity index (χ4v) is 3.61. The van der Waals surface area contributed by atoms with Crippen LogP contribution in [-0.2, 0) is 33.3 Å². The number of Topliss-reactive ketones (excluding diaryl/α,β-unsaturated/α-hetero) is 1. The van der Waals surface area contributed by atoms with E-state index in [-0.39, 0.29) is 24.4 Å². The lowest BCUT2D eigenvalue weighted by atomic mass is 9.99. The summed E-state index contributed by atoms with van der Waals surface area (Å²) < 4.78 is 27.5. The molecule has 0 fully saturated rings. The summed E-state index contributed by atoms with van der Waals surface area (Å²) in [6.45, 7) is 5.67. The normalized spacial score (nSPS) is 18.3. The highest BCUT2D eigenvalue weighted by Gasteiger charge is 2.28. The lowest BCUT2D eigenvalue weighted by Gasteiger charge is -2.22. The molecule has 0 aromatic heterocycles. The van der Waals surface area contributed by atoms with Gasteiger partial charge in [-0.05, 0) is 26.2 Å². The minimum absolute atomic E-state index is 0.0255. The van der Waals surface area contributed by atoms with E-state index in [1.165, 1.54) is 12.1 Å². The Labute approximate surface area is 202 Å². The highest BCUT2D eigenvalue weighted by molar-refractivity contribution is 5.77. The van der Waals surface area contributed by atoms with Gasteiger partial charge in [0.05, 0.1) is 64.2 Å². The number of hydrogen-bond acceptors (Lipinski definition) is 10. The Balaban J connectivity index is 1.40. The van der Waals surface area contributed by atoms with Crippen LogP contribution in [0.2, 0.25) is 0 Å². The predicted octanol–water partition coefficient (Wildman–Crippen LogP) is 0.664. The van der Waals surface area contributed by atoms with Gasteiger partial charge in [0, 0.05) is 20.0 Å². The van der Waals surface area contributed by atoms with Gasteiger partial charge >= 0.3 is 0 Å². The molecule has 1 aliphatic heterocycles. The van der Waals surface area contributed by atoms with Gasteiger partial charge in [-0.15, -0.1) is 5.53 Å². The molecule has 0 bridgehead atoms. The van der Waals surface area contributed by atoms with Crippen LogP contribution in [0.4, 0.5) is 0 Å². The first-order valence-corrected chi connectivity index (χ1v) is 12.2. The molecule has 11 nitrogen and oxygen atoms in total. The van der Waals surface area contributed by atoms with E-state index in [1.807, 2.05) is 12.1 Å². The van der Waals surface area contributed by atoms with Crippen LogP contribution in [0.25, 0.3) is 0 Å². The van der Waals surface area contributed by atoms with Crippen molar-refractivity contribution in [2.24, 2.45) is 0 Å². The summed E-state index contributed by atoms with van der Waals surface area (Å²) >= 11 is 0. The molecule has 1 amide bonds. The molecule has 0 saturated carbocycles. The van der Waals surface area contributed by atoms with Crippen molar-refractivity contribution in [3.05, 3.63) is 11.4 Å². The molecule has 3 N–H and O–H groups in total. The number of ketones is 1. The molecule has 1 unspecified atom stereocenters. The number of rotatable bonds is 18. The van der Waals surface area contributed by atoms with Gasteiger partial charge < -0.3 is 34.4 Å². The Morgan fingerprint density at radius 2 is 1.59 bits per heavy atom. The molecule has 0 saturated heterocycles. The lowest BCUT2D eigenvalue weighted by molar-refractivity contribution is -0.127. The van der Waals surface area contributed by atoms with Crippen molar-refractivity contribution in [1.29, 1.82) is 0 Å². The number of hydrogen-bond donors (Lipinski definition) is 3. The number of ether oxygens (including phenoxy) is 5. The Bertz CT molecular complexity index is 632. The number of amides is 1. The number of hydrazine groups is 2. The molecule has 0 spiro atoms. The van der Waals surface area contributed by atoms with Crippen molar-refractivity contribution in [2.75, 3.05) is 73.1 Å². The second-order valence-corrected chi connectivity index (χ2v) is 8.31. The van der Waals surface area contributed by atoms with Gasteiger partial charge in [0.25, 0.3) is 0 Å². The number of nitrogens with zero attached hydrogens (tertiary/aromatic N) is 1. The van der Waals surface area contributed by atoms with E-state index in [0.717, 1.165) is 31.4 Å². The van der Waals surface area contributed by atoms with E-state index in [9.17, 15) is 9.59 Å². The first-order valence-electron chi connectivity index (χ1n) is 12.2. The molecule has 34 heavy (non-hydrogen) atoms. The quantitative estimate of drug-likeness (QED) is 0.238. The summed E-state index contributed by atoms with van der Waals surface area (Å²) in [6.07, 6.45) is 5.67. The highest BCUT2D eigenvalue weighted by Crippen LogP contribution is 2.27. The zero-order valence-electron chi connectivity index (χ0n) is 20.7. The first kappa shape index (κ1) is 28.5. The number of nitrogens with one attached hydrogen (secondary N) is 3. The summed E-state index contributed by atoms with van der Waals surface area (Å²) in [4.78, 5) is 22.9. The van der Waals surface area contributed by atoms with E-state index in [1.54, 1.807) is 6.92 Å². The highest BCUT2D eigenvalue weighted by atomic mass is 16.6. The summed E-state index contributed by atoms with van der Waals surface area (Å²) in [5, 5.41) is 4.81. The molecular weight excluding hydrogens is 444 g/mol. The third-order valence-corrected chi connectivity index (χ3v) is 5.47. The molecule has 1 heterocycles. The Morgan fingerprint density at radius 3 is 2.26 bits per heavy atom. The van der Waals surface area contributed by atoms with Crippen LogP contribution in [0.15, 0.2) is 11.4 Å². The van der Waals surface area contributed by atoms with Crippen LogP contribution < -0.4 is 16.3 Å². The second kappa shape index (κ2) is 17.6. The van der Waals surface area contributed by atoms with E-state index in [0.29, 0.717) is 65.8 Å². The Hall–Kier alpha value is -1.76. The molecular formula is C23H42N4O7. The van der Waals surface area contributed by atoms with E-state index < -0.39 is 0 Å². The first-order chi connectivity index (χ1) is 16.6. The molecule has 2 aliphatic rings. The van der Waals surface area contributed by atoms with Crippen molar-refractivity contribution in [1.82, 2.24) is 21.3 Å². The largest absolute Gasteiger partial charge is 0.379 e. The maximum Gasteiger partial charge on any atom is 0.246 e. The van der Waals surface area contributed by atoms with Crippen LogP contribution >= 0.6 is 0 Å². The molecule has 1 aliphatic carbocycles. The van der Waals surface area contributed by atoms with E-state index in [4.69, 9.17) is 23.7 Å². The average molecular weight is 487 g/mol. The van der Waals surface area contributed by atoms with Crippen LogP contribution in [0.3, 0.4) is 0 Å². The van der Waals surface area contributed by atoms with Gasteiger partial charge in [0.1, 0.15) is 18.5 Å². The molecule has 2 rings (SSSR count). The monoisotopic (exact) mass is 486 g/mol. The Kier molecular flexibility index (Phi) is 14.8. The van der Waals surface area contributed by atoms with E-state index in [2.05, 4.69) is 16.3 Å². The van der Waals surface area contributed by atoms with Crippen LogP contribution in [0, 0.1) is 0 Å². The number of carbonyl (C=O) groups excluding carboxylic acids is 2. The van der Waals surface area contributed by atoms with Crippen molar-refractivity contribution in [3.63, 3.8) is 0 Å². The Morgan fingerprint density at radius 1 is 0.941 bits per heavy atom. The SMILES string of the molecule is CC(=O)CCOCCOCCOCCOCCNC(=O)COC1CCCCCC2=C1NNN2C. The third-order valence-electron chi connectivity index (χ3n) is 5.47. The smallest absolute Gasteiger partial charge is 0.246 e. The molecule has 0 radical (unpaired) electrons. The number of carbonyl (C=O) groups is 2. The zero-order chi connectivity index (χ0) is 24.4. The minimum Gasteiger partial charge on any atom is -0.379 e.